The second-order valence-corrected chi connectivity index (χ2v) is 16.2. The Kier molecular flexibility index (Phi) is 42.9. The van der Waals surface area contributed by atoms with Crippen LogP contribution < -0.4 is 0 Å². The van der Waals surface area contributed by atoms with Crippen LogP contribution in [0.5, 0.6) is 0 Å². The van der Waals surface area contributed by atoms with E-state index < -0.39 is 20.2 Å². The molecular formula is C36H74CuO6S2. The van der Waals surface area contributed by atoms with Crippen molar-refractivity contribution in [3.05, 3.63) is 0 Å². The Morgan fingerprint density at radius 2 is 0.422 bits per heavy atom. The van der Waals surface area contributed by atoms with E-state index in [0.717, 1.165) is 25.7 Å². The van der Waals surface area contributed by atoms with Crippen LogP contribution >= 0.6 is 0 Å². The van der Waals surface area contributed by atoms with Crippen molar-refractivity contribution in [2.45, 2.75) is 219 Å². The fraction of sp³-hybridized carbons (Fsp3) is 1.00. The molecule has 0 fully saturated rings. The van der Waals surface area contributed by atoms with Crippen molar-refractivity contribution in [1.82, 2.24) is 0 Å². The summed E-state index contributed by atoms with van der Waals surface area (Å²) in [5.74, 6) is -0.378. The molecule has 0 amide bonds. The van der Waals surface area contributed by atoms with Crippen molar-refractivity contribution >= 4 is 20.2 Å². The first-order valence-electron chi connectivity index (χ1n) is 19.0. The maximum Gasteiger partial charge on any atom is 2.00 e. The third kappa shape index (κ3) is 54.1. The van der Waals surface area contributed by atoms with Crippen molar-refractivity contribution in [1.29, 1.82) is 0 Å². The quantitative estimate of drug-likeness (QED) is 0.0370. The van der Waals surface area contributed by atoms with Gasteiger partial charge in [-0.15, -0.1) is 0 Å². The molecule has 0 heterocycles. The summed E-state index contributed by atoms with van der Waals surface area (Å²) >= 11 is 0. The van der Waals surface area contributed by atoms with Crippen LogP contribution in [0.4, 0.5) is 0 Å². The number of hydrogen-bond donors (Lipinski definition) is 0. The summed E-state index contributed by atoms with van der Waals surface area (Å²) in [5, 5.41) is 0. The van der Waals surface area contributed by atoms with E-state index in [1.165, 1.54) is 167 Å². The molecule has 0 aromatic carbocycles. The van der Waals surface area contributed by atoms with Crippen LogP contribution in [0.1, 0.15) is 219 Å². The first kappa shape index (κ1) is 49.7. The van der Waals surface area contributed by atoms with Crippen LogP contribution in [0, 0.1) is 0 Å². The fourth-order valence-corrected chi connectivity index (χ4v) is 6.77. The topological polar surface area (TPSA) is 114 Å². The van der Waals surface area contributed by atoms with Crippen LogP contribution in [0.15, 0.2) is 0 Å². The van der Waals surface area contributed by atoms with E-state index >= 15 is 0 Å². The van der Waals surface area contributed by atoms with E-state index in [1.54, 1.807) is 0 Å². The summed E-state index contributed by atoms with van der Waals surface area (Å²) in [7, 11) is -7.99. The Labute approximate surface area is 292 Å². The van der Waals surface area contributed by atoms with Gasteiger partial charge in [0.1, 0.15) is 0 Å². The Bertz CT molecular complexity index is 696. The standard InChI is InChI=1S/2C18H38O3S.Cu/c2*1-2-3-4-5-6-7-8-9-10-11-12-13-14-15-16-17-18-22(19,20)21;/h2*2-18H2,1H3,(H,19,20,21);/q;;+2/p-2. The molecule has 277 valence electrons. The summed E-state index contributed by atoms with van der Waals surface area (Å²) < 4.78 is 62.5. The maximum atomic E-state index is 10.4. The van der Waals surface area contributed by atoms with E-state index in [-0.39, 0.29) is 28.6 Å². The zero-order chi connectivity index (χ0) is 33.0. The third-order valence-corrected chi connectivity index (χ3v) is 10.1. The van der Waals surface area contributed by atoms with Crippen molar-refractivity contribution in [3.8, 4) is 0 Å². The van der Waals surface area contributed by atoms with Gasteiger partial charge in [0.25, 0.3) is 0 Å². The molecule has 0 atom stereocenters. The Morgan fingerprint density at radius 3 is 0.556 bits per heavy atom. The summed E-state index contributed by atoms with van der Waals surface area (Å²) in [5.41, 5.74) is 0. The molecular weight excluding hydrogens is 656 g/mol. The largest absolute Gasteiger partial charge is 2.00 e. The molecule has 0 saturated carbocycles. The molecule has 9 heteroatoms. The predicted molar refractivity (Wildman–Crippen MR) is 188 cm³/mol. The monoisotopic (exact) mass is 729 g/mol. The van der Waals surface area contributed by atoms with Gasteiger partial charge in [-0.25, -0.2) is 16.8 Å². The van der Waals surface area contributed by atoms with Gasteiger partial charge in [0.2, 0.25) is 0 Å². The molecule has 0 aliphatic carbocycles. The summed E-state index contributed by atoms with van der Waals surface area (Å²) in [4.78, 5) is 0. The van der Waals surface area contributed by atoms with E-state index in [4.69, 9.17) is 0 Å². The van der Waals surface area contributed by atoms with Crippen LogP contribution in [0.3, 0.4) is 0 Å². The van der Waals surface area contributed by atoms with Gasteiger partial charge in [-0.3, -0.25) is 0 Å². The van der Waals surface area contributed by atoms with Gasteiger partial charge < -0.3 is 9.11 Å². The fourth-order valence-electron chi connectivity index (χ4n) is 5.65. The van der Waals surface area contributed by atoms with Gasteiger partial charge in [0, 0.05) is 11.5 Å². The SMILES string of the molecule is CCCCCCCCCCCCCCCCCCS(=O)(=O)[O-].CCCCCCCCCCCCCCCCCCS(=O)(=O)[O-].[Cu+2]. The minimum atomic E-state index is -3.99. The molecule has 0 N–H and O–H groups in total. The van der Waals surface area contributed by atoms with Gasteiger partial charge >= 0.3 is 17.1 Å². The smallest absolute Gasteiger partial charge is 0.748 e. The first-order chi connectivity index (χ1) is 21.1. The van der Waals surface area contributed by atoms with Gasteiger partial charge in [0.05, 0.1) is 20.2 Å². The van der Waals surface area contributed by atoms with E-state index in [9.17, 15) is 25.9 Å². The molecule has 45 heavy (non-hydrogen) atoms. The summed E-state index contributed by atoms with van der Waals surface area (Å²) in [6.07, 6.45) is 40.1. The molecule has 0 aliphatic rings. The first-order valence-corrected chi connectivity index (χ1v) is 22.1. The molecule has 0 rings (SSSR count). The third-order valence-electron chi connectivity index (χ3n) is 8.50. The van der Waals surface area contributed by atoms with Crippen molar-refractivity contribution in [2.75, 3.05) is 11.5 Å². The molecule has 0 saturated heterocycles. The molecule has 6 nitrogen and oxygen atoms in total. The van der Waals surface area contributed by atoms with Gasteiger partial charge in [-0.1, -0.05) is 206 Å². The normalized spacial score (nSPS) is 11.6. The van der Waals surface area contributed by atoms with E-state index in [0.29, 0.717) is 12.8 Å². The molecule has 0 aromatic heterocycles. The second-order valence-electron chi connectivity index (χ2n) is 13.1. The Hall–Kier alpha value is 0.339. The average Bonchev–Trinajstić information content (AvgIpc) is 2.96. The maximum absolute atomic E-state index is 10.4. The van der Waals surface area contributed by atoms with Gasteiger partial charge in [-0.2, -0.15) is 0 Å². The molecule has 0 aliphatic heterocycles. The molecule has 0 unspecified atom stereocenters. The zero-order valence-corrected chi connectivity index (χ0v) is 32.2. The van der Waals surface area contributed by atoms with E-state index in [1.807, 2.05) is 0 Å². The average molecular weight is 731 g/mol. The van der Waals surface area contributed by atoms with Crippen molar-refractivity contribution in [3.63, 3.8) is 0 Å². The van der Waals surface area contributed by atoms with Crippen LogP contribution in [-0.4, -0.2) is 37.4 Å². The van der Waals surface area contributed by atoms with Crippen molar-refractivity contribution < 1.29 is 43.0 Å². The molecule has 0 aromatic rings. The summed E-state index contributed by atoms with van der Waals surface area (Å²) in [6.45, 7) is 4.52. The number of unbranched alkanes of at least 4 members (excludes halogenated alkanes) is 30. The Morgan fingerprint density at radius 1 is 0.289 bits per heavy atom. The molecule has 0 bridgehead atoms. The minimum Gasteiger partial charge on any atom is -0.748 e. The zero-order valence-electron chi connectivity index (χ0n) is 29.6. The summed E-state index contributed by atoms with van der Waals surface area (Å²) in [6, 6.07) is 0. The minimum absolute atomic E-state index is 0. The molecule has 1 radical (unpaired) electrons. The van der Waals surface area contributed by atoms with Crippen LogP contribution in [-0.2, 0) is 37.3 Å². The predicted octanol–water partition coefficient (Wildman–Crippen LogP) is 11.6. The Balaban J connectivity index is -0.000000767. The van der Waals surface area contributed by atoms with Gasteiger partial charge in [-0.05, 0) is 12.8 Å². The van der Waals surface area contributed by atoms with Gasteiger partial charge in [0.15, 0.2) is 0 Å². The van der Waals surface area contributed by atoms with Crippen molar-refractivity contribution in [2.24, 2.45) is 0 Å². The number of hydrogen-bond acceptors (Lipinski definition) is 6. The van der Waals surface area contributed by atoms with Crippen LogP contribution in [0.25, 0.3) is 0 Å². The van der Waals surface area contributed by atoms with Crippen LogP contribution in [0.2, 0.25) is 0 Å². The molecule has 0 spiro atoms. The number of rotatable bonds is 34. The van der Waals surface area contributed by atoms with E-state index in [2.05, 4.69) is 13.8 Å². The second kappa shape index (κ2) is 38.8.